The lowest BCUT2D eigenvalue weighted by Crippen LogP contribution is -2.64. The van der Waals surface area contributed by atoms with Crippen molar-refractivity contribution in [1.82, 2.24) is 0 Å². The Morgan fingerprint density at radius 2 is 1.86 bits per heavy atom. The molecule has 35 heavy (non-hydrogen) atoms. The van der Waals surface area contributed by atoms with Crippen LogP contribution < -0.4 is 0 Å². The first-order valence-corrected chi connectivity index (χ1v) is 13.1. The maximum Gasteiger partial charge on any atom is 0.309 e. The lowest BCUT2D eigenvalue weighted by Gasteiger charge is -2.57. The number of fused-ring (bicyclic) bond motifs is 5. The predicted molar refractivity (Wildman–Crippen MR) is 127 cm³/mol. The Kier molecular flexibility index (Phi) is 5.74. The van der Waals surface area contributed by atoms with Crippen LogP contribution in [0.5, 0.6) is 0 Å². The van der Waals surface area contributed by atoms with Gasteiger partial charge >= 0.3 is 5.97 Å². The molecule has 1 heterocycles. The second-order valence-corrected chi connectivity index (χ2v) is 12.3. The molecule has 7 nitrogen and oxygen atoms in total. The Labute approximate surface area is 206 Å². The van der Waals surface area contributed by atoms with Crippen molar-refractivity contribution < 1.29 is 34.4 Å². The van der Waals surface area contributed by atoms with Gasteiger partial charge in [-0.15, -0.1) is 0 Å². The second-order valence-electron chi connectivity index (χ2n) is 12.3. The quantitative estimate of drug-likeness (QED) is 0.524. The minimum atomic E-state index is -1.70. The summed E-state index contributed by atoms with van der Waals surface area (Å²) in [4.78, 5) is 39.7. The molecule has 3 fully saturated rings. The van der Waals surface area contributed by atoms with Gasteiger partial charge in [0, 0.05) is 18.8 Å². The van der Waals surface area contributed by atoms with E-state index in [4.69, 9.17) is 4.74 Å². The number of esters is 1. The molecule has 11 atom stereocenters. The highest BCUT2D eigenvalue weighted by molar-refractivity contribution is 5.94. The third kappa shape index (κ3) is 3.17. The van der Waals surface area contributed by atoms with Crippen molar-refractivity contribution in [2.45, 2.75) is 77.6 Å². The smallest absolute Gasteiger partial charge is 0.309 e. The first-order valence-electron chi connectivity index (χ1n) is 13.1. The summed E-state index contributed by atoms with van der Waals surface area (Å²) >= 11 is 0. The Balaban J connectivity index is 1.55. The van der Waals surface area contributed by atoms with Gasteiger partial charge in [-0.05, 0) is 62.4 Å². The second kappa shape index (κ2) is 8.09. The number of allylic oxidation sites excluding steroid dienone is 4. The molecular formula is C28H38O7. The van der Waals surface area contributed by atoms with E-state index < -0.39 is 47.1 Å². The minimum absolute atomic E-state index is 0.0224. The number of hydrogen-bond donors (Lipinski definition) is 3. The molecule has 4 aliphatic carbocycles. The number of Topliss-reactive ketones (excluding diaryl/α,β-unsaturated/α-hetero) is 2. The summed E-state index contributed by atoms with van der Waals surface area (Å²) in [6.07, 6.45) is 5.80. The predicted octanol–water partition coefficient (Wildman–Crippen LogP) is 2.37. The van der Waals surface area contributed by atoms with Crippen LogP contribution in [0.25, 0.3) is 0 Å². The third-order valence-electron chi connectivity index (χ3n) is 10.8. The highest BCUT2D eigenvalue weighted by Gasteiger charge is 2.71. The van der Waals surface area contributed by atoms with Gasteiger partial charge in [-0.25, -0.2) is 0 Å². The van der Waals surface area contributed by atoms with Gasteiger partial charge in [0.05, 0.1) is 29.5 Å². The van der Waals surface area contributed by atoms with E-state index in [-0.39, 0.29) is 54.0 Å². The summed E-state index contributed by atoms with van der Waals surface area (Å²) < 4.78 is 5.65. The van der Waals surface area contributed by atoms with Crippen molar-refractivity contribution >= 4 is 17.5 Å². The molecule has 0 bridgehead atoms. The normalized spacial score (nSPS) is 48.9. The maximum atomic E-state index is 14.0. The van der Waals surface area contributed by atoms with Crippen LogP contribution in [-0.2, 0) is 19.1 Å². The van der Waals surface area contributed by atoms with Crippen molar-refractivity contribution in [2.24, 2.45) is 46.3 Å². The number of rotatable bonds is 3. The summed E-state index contributed by atoms with van der Waals surface area (Å²) in [6.45, 7) is 6.71. The summed E-state index contributed by atoms with van der Waals surface area (Å²) in [5.41, 5.74) is -2.85. The lowest BCUT2D eigenvalue weighted by atomic mass is 9.46. The Hall–Kier alpha value is -1.83. The van der Waals surface area contributed by atoms with Crippen molar-refractivity contribution in [3.05, 3.63) is 23.8 Å². The number of carbonyl (C=O) groups excluding carboxylic acids is 3. The van der Waals surface area contributed by atoms with Crippen LogP contribution in [0.15, 0.2) is 23.8 Å². The first kappa shape index (κ1) is 24.8. The van der Waals surface area contributed by atoms with Crippen molar-refractivity contribution in [3.63, 3.8) is 0 Å². The molecule has 0 amide bonds. The van der Waals surface area contributed by atoms with Crippen LogP contribution in [0.4, 0.5) is 0 Å². The largest absolute Gasteiger partial charge is 0.459 e. The fourth-order valence-corrected chi connectivity index (χ4v) is 8.55. The van der Waals surface area contributed by atoms with Gasteiger partial charge in [0.15, 0.2) is 0 Å². The van der Waals surface area contributed by atoms with Crippen LogP contribution in [-0.4, -0.2) is 57.3 Å². The molecule has 0 radical (unpaired) electrons. The third-order valence-corrected chi connectivity index (χ3v) is 10.8. The van der Waals surface area contributed by atoms with E-state index in [1.54, 1.807) is 6.92 Å². The zero-order chi connectivity index (χ0) is 25.5. The minimum Gasteiger partial charge on any atom is -0.459 e. The van der Waals surface area contributed by atoms with Gasteiger partial charge in [0.2, 0.25) is 0 Å². The van der Waals surface area contributed by atoms with E-state index in [0.29, 0.717) is 19.3 Å². The Bertz CT molecular complexity index is 1010. The van der Waals surface area contributed by atoms with Gasteiger partial charge in [-0.1, -0.05) is 32.1 Å². The average molecular weight is 487 g/mol. The van der Waals surface area contributed by atoms with E-state index in [2.05, 4.69) is 6.08 Å². The first-order chi connectivity index (χ1) is 16.4. The van der Waals surface area contributed by atoms with Crippen LogP contribution >= 0.6 is 0 Å². The van der Waals surface area contributed by atoms with Crippen molar-refractivity contribution in [1.29, 1.82) is 0 Å². The standard InChI is InChI=1S/C28H38O7/c1-14-10-23(35-25(33)15(14)2)27(4,34)24-20(30)11-19-17-9-8-16-6-5-7-21(31)26(16,3)18(17)12-22(32)28(19,24)13-29/h5-6,8,14-15,17-20,23-24,29-30,34H,7,9-13H2,1-4H3/t14-,15+,17+,18-,19-,20-,23?,24+,26-,27-,28+/m0/s1. The summed E-state index contributed by atoms with van der Waals surface area (Å²) in [5.74, 6) is -2.46. The molecule has 7 heteroatoms. The molecule has 0 aromatic carbocycles. The van der Waals surface area contributed by atoms with Gasteiger partial charge in [0.25, 0.3) is 0 Å². The van der Waals surface area contributed by atoms with Gasteiger partial charge in [-0.2, -0.15) is 0 Å². The number of hydrogen-bond acceptors (Lipinski definition) is 7. The van der Waals surface area contributed by atoms with Gasteiger partial charge in [0.1, 0.15) is 23.3 Å². The van der Waals surface area contributed by atoms with Gasteiger partial charge in [-0.3, -0.25) is 14.4 Å². The zero-order valence-corrected chi connectivity index (χ0v) is 21.1. The number of aliphatic hydroxyl groups is 3. The fourth-order valence-electron chi connectivity index (χ4n) is 8.55. The molecule has 1 saturated heterocycles. The molecule has 5 rings (SSSR count). The number of ether oxygens (including phenoxy) is 1. The van der Waals surface area contributed by atoms with E-state index in [1.807, 2.05) is 26.0 Å². The maximum absolute atomic E-state index is 14.0. The monoisotopic (exact) mass is 486 g/mol. The number of ketones is 2. The molecule has 2 saturated carbocycles. The molecule has 0 aromatic heterocycles. The van der Waals surface area contributed by atoms with E-state index in [1.165, 1.54) is 6.92 Å². The van der Waals surface area contributed by atoms with E-state index >= 15 is 0 Å². The molecule has 1 unspecified atom stereocenters. The number of carbonyl (C=O) groups is 3. The average Bonchev–Trinajstić information content (AvgIpc) is 3.13. The Morgan fingerprint density at radius 1 is 1.14 bits per heavy atom. The molecule has 0 spiro atoms. The van der Waals surface area contributed by atoms with Gasteiger partial charge < -0.3 is 20.1 Å². The lowest BCUT2D eigenvalue weighted by molar-refractivity contribution is -0.211. The molecule has 1 aliphatic heterocycles. The number of aliphatic hydroxyl groups excluding tert-OH is 2. The van der Waals surface area contributed by atoms with E-state index in [9.17, 15) is 29.7 Å². The van der Waals surface area contributed by atoms with Crippen LogP contribution in [0.2, 0.25) is 0 Å². The van der Waals surface area contributed by atoms with Crippen LogP contribution in [0.1, 0.15) is 59.8 Å². The van der Waals surface area contributed by atoms with Crippen molar-refractivity contribution in [2.75, 3.05) is 6.61 Å². The van der Waals surface area contributed by atoms with Crippen LogP contribution in [0, 0.1) is 46.3 Å². The highest BCUT2D eigenvalue weighted by Crippen LogP contribution is 2.66. The molecular weight excluding hydrogens is 448 g/mol. The summed E-state index contributed by atoms with van der Waals surface area (Å²) in [6, 6.07) is 0. The number of cyclic esters (lactones) is 1. The SMILES string of the molecule is C[C@H]1CC([C@](C)(O)[C@H]2[C@@H](O)C[C@H]3[C@@H]4CC=C5C=CCC(=O)[C@]5(C)[C@H]4CC(=O)[C@@]32CO)OC(=O)[C@@H]1C. The topological polar surface area (TPSA) is 121 Å². The highest BCUT2D eigenvalue weighted by atomic mass is 16.6. The van der Waals surface area contributed by atoms with E-state index in [0.717, 1.165) is 5.57 Å². The molecule has 192 valence electrons. The summed E-state index contributed by atoms with van der Waals surface area (Å²) in [5, 5.41) is 34.1. The Morgan fingerprint density at radius 3 is 2.51 bits per heavy atom. The van der Waals surface area contributed by atoms with Crippen LogP contribution in [0.3, 0.4) is 0 Å². The molecule has 3 N–H and O–H groups in total. The molecule has 0 aromatic rings. The summed E-state index contributed by atoms with van der Waals surface area (Å²) in [7, 11) is 0. The fraction of sp³-hybridized carbons (Fsp3) is 0.750. The van der Waals surface area contributed by atoms with Crippen molar-refractivity contribution in [3.8, 4) is 0 Å². The molecule has 5 aliphatic rings. The zero-order valence-electron chi connectivity index (χ0n) is 21.1.